The van der Waals surface area contributed by atoms with E-state index >= 15 is 0 Å². The van der Waals surface area contributed by atoms with Crippen molar-refractivity contribution in [1.82, 2.24) is 0 Å². The van der Waals surface area contributed by atoms with Crippen molar-refractivity contribution in [2.75, 3.05) is 0 Å². The van der Waals surface area contributed by atoms with E-state index in [0.717, 1.165) is 32.1 Å². The lowest BCUT2D eigenvalue weighted by Crippen LogP contribution is -2.16. The lowest BCUT2D eigenvalue weighted by atomic mass is 9.84. The monoisotopic (exact) mass is 256 g/mol. The van der Waals surface area contributed by atoms with Crippen molar-refractivity contribution >= 4 is 29.0 Å². The molecule has 1 fully saturated rings. The number of carbonyl (C=O) groups excluding carboxylic acids is 1. The topological polar surface area (TPSA) is 17.1 Å². The van der Waals surface area contributed by atoms with Gasteiger partial charge in [0.05, 0.1) is 10.0 Å². The lowest BCUT2D eigenvalue weighted by molar-refractivity contribution is -0.121. The highest BCUT2D eigenvalue weighted by molar-refractivity contribution is 6.42. The Morgan fingerprint density at radius 2 is 2.06 bits per heavy atom. The predicted molar refractivity (Wildman–Crippen MR) is 67.1 cm³/mol. The summed E-state index contributed by atoms with van der Waals surface area (Å²) in [7, 11) is 0. The van der Waals surface area contributed by atoms with Crippen LogP contribution in [0.15, 0.2) is 18.2 Å². The minimum atomic E-state index is 0.399. The molecule has 0 saturated heterocycles. The van der Waals surface area contributed by atoms with Gasteiger partial charge in [-0.2, -0.15) is 0 Å². The van der Waals surface area contributed by atoms with Crippen LogP contribution < -0.4 is 0 Å². The molecule has 1 aromatic rings. The van der Waals surface area contributed by atoms with Crippen LogP contribution in [0.5, 0.6) is 0 Å². The van der Waals surface area contributed by atoms with E-state index in [2.05, 4.69) is 0 Å². The van der Waals surface area contributed by atoms with Crippen LogP contribution in [-0.4, -0.2) is 5.78 Å². The Morgan fingerprint density at radius 3 is 2.75 bits per heavy atom. The Labute approximate surface area is 106 Å². The first-order valence-electron chi connectivity index (χ1n) is 5.61. The van der Waals surface area contributed by atoms with Gasteiger partial charge in [0.1, 0.15) is 5.78 Å². The van der Waals surface area contributed by atoms with E-state index in [0.29, 0.717) is 21.7 Å². The SMILES string of the molecule is O=C1CCCC(Cc2ccc(Cl)c(Cl)c2)C1. The molecule has 0 aromatic heterocycles. The summed E-state index contributed by atoms with van der Waals surface area (Å²) in [5.74, 6) is 0.884. The van der Waals surface area contributed by atoms with Crippen molar-refractivity contribution in [2.24, 2.45) is 5.92 Å². The Balaban J connectivity index is 2.03. The standard InChI is InChI=1S/C13H14Cl2O/c14-12-5-4-10(8-13(12)15)6-9-2-1-3-11(16)7-9/h4-5,8-9H,1-3,6-7H2. The molecule has 86 valence electrons. The molecule has 0 heterocycles. The van der Waals surface area contributed by atoms with Gasteiger partial charge in [-0.25, -0.2) is 0 Å². The van der Waals surface area contributed by atoms with Gasteiger partial charge in [-0.15, -0.1) is 0 Å². The zero-order valence-electron chi connectivity index (χ0n) is 9.01. The molecule has 1 atom stereocenters. The van der Waals surface area contributed by atoms with Gasteiger partial charge in [-0.3, -0.25) is 4.79 Å². The normalized spacial score (nSPS) is 21.1. The molecule has 1 aromatic carbocycles. The number of ketones is 1. The summed E-state index contributed by atoms with van der Waals surface area (Å²) in [6.07, 6.45) is 4.59. The summed E-state index contributed by atoms with van der Waals surface area (Å²) in [4.78, 5) is 11.3. The molecule has 0 bridgehead atoms. The molecule has 3 heteroatoms. The molecule has 0 radical (unpaired) electrons. The molecule has 0 N–H and O–H groups in total. The Bertz CT molecular complexity index is 401. The van der Waals surface area contributed by atoms with Crippen molar-refractivity contribution in [2.45, 2.75) is 32.1 Å². The zero-order valence-corrected chi connectivity index (χ0v) is 10.5. The molecule has 16 heavy (non-hydrogen) atoms. The Hall–Kier alpha value is -0.530. The third-order valence-electron chi connectivity index (χ3n) is 3.09. The maximum Gasteiger partial charge on any atom is 0.133 e. The molecular formula is C13H14Cl2O. The minimum Gasteiger partial charge on any atom is -0.300 e. The van der Waals surface area contributed by atoms with E-state index in [-0.39, 0.29) is 0 Å². The summed E-state index contributed by atoms with van der Waals surface area (Å²) < 4.78 is 0. The van der Waals surface area contributed by atoms with Crippen molar-refractivity contribution in [1.29, 1.82) is 0 Å². The first-order chi connectivity index (χ1) is 7.65. The largest absolute Gasteiger partial charge is 0.300 e. The van der Waals surface area contributed by atoms with Gasteiger partial charge in [0.15, 0.2) is 0 Å². The number of Topliss-reactive ketones (excluding diaryl/α,β-unsaturated/α-hetero) is 1. The Morgan fingerprint density at radius 1 is 1.25 bits per heavy atom. The number of rotatable bonds is 2. The first kappa shape index (κ1) is 11.9. The summed E-state index contributed by atoms with van der Waals surface area (Å²) in [5.41, 5.74) is 1.18. The molecular weight excluding hydrogens is 243 g/mol. The number of benzene rings is 1. The van der Waals surface area contributed by atoms with Crippen LogP contribution in [0.2, 0.25) is 10.0 Å². The quantitative estimate of drug-likeness (QED) is 0.772. The van der Waals surface area contributed by atoms with E-state index in [4.69, 9.17) is 23.2 Å². The zero-order chi connectivity index (χ0) is 11.5. The second-order valence-electron chi connectivity index (χ2n) is 4.45. The molecule has 0 amide bonds. The number of carbonyl (C=O) groups is 1. The van der Waals surface area contributed by atoms with Gasteiger partial charge >= 0.3 is 0 Å². The van der Waals surface area contributed by atoms with Gasteiger partial charge < -0.3 is 0 Å². The second kappa shape index (κ2) is 5.20. The van der Waals surface area contributed by atoms with Crippen LogP contribution in [-0.2, 0) is 11.2 Å². The first-order valence-corrected chi connectivity index (χ1v) is 6.36. The average Bonchev–Trinajstić information content (AvgIpc) is 2.24. The van der Waals surface area contributed by atoms with E-state index in [9.17, 15) is 4.79 Å². The van der Waals surface area contributed by atoms with E-state index < -0.39 is 0 Å². The minimum absolute atomic E-state index is 0.399. The maximum absolute atomic E-state index is 11.3. The van der Waals surface area contributed by atoms with Gasteiger partial charge in [-0.05, 0) is 42.9 Å². The maximum atomic E-state index is 11.3. The van der Waals surface area contributed by atoms with Crippen LogP contribution >= 0.6 is 23.2 Å². The summed E-state index contributed by atoms with van der Waals surface area (Å²) in [6.45, 7) is 0. The van der Waals surface area contributed by atoms with Crippen molar-refractivity contribution in [3.8, 4) is 0 Å². The van der Waals surface area contributed by atoms with Gasteiger partial charge in [0, 0.05) is 12.8 Å². The second-order valence-corrected chi connectivity index (χ2v) is 5.27. The summed E-state index contributed by atoms with van der Waals surface area (Å²) in [6, 6.07) is 5.72. The van der Waals surface area contributed by atoms with Crippen LogP contribution in [0.4, 0.5) is 0 Å². The van der Waals surface area contributed by atoms with Crippen LogP contribution in [0.3, 0.4) is 0 Å². The van der Waals surface area contributed by atoms with Crippen molar-refractivity contribution < 1.29 is 4.79 Å². The number of hydrogen-bond acceptors (Lipinski definition) is 1. The van der Waals surface area contributed by atoms with Crippen LogP contribution in [0.25, 0.3) is 0 Å². The molecule has 1 aliphatic rings. The van der Waals surface area contributed by atoms with Gasteiger partial charge in [0.2, 0.25) is 0 Å². The molecule has 2 rings (SSSR count). The Kier molecular flexibility index (Phi) is 3.88. The number of hydrogen-bond donors (Lipinski definition) is 0. The van der Waals surface area contributed by atoms with Gasteiger partial charge in [0.25, 0.3) is 0 Å². The predicted octanol–water partition coefficient (Wildman–Crippen LogP) is 4.30. The lowest BCUT2D eigenvalue weighted by Gasteiger charge is -2.20. The fourth-order valence-electron chi connectivity index (χ4n) is 2.29. The van der Waals surface area contributed by atoms with Gasteiger partial charge in [-0.1, -0.05) is 29.3 Å². The fraction of sp³-hybridized carbons (Fsp3) is 0.462. The van der Waals surface area contributed by atoms with E-state index in [1.165, 1.54) is 5.56 Å². The fourth-order valence-corrected chi connectivity index (χ4v) is 2.61. The number of halogens is 2. The smallest absolute Gasteiger partial charge is 0.133 e. The van der Waals surface area contributed by atoms with Crippen molar-refractivity contribution in [3.05, 3.63) is 33.8 Å². The van der Waals surface area contributed by atoms with E-state index in [1.807, 2.05) is 18.2 Å². The molecule has 1 aliphatic carbocycles. The highest BCUT2D eigenvalue weighted by atomic mass is 35.5. The van der Waals surface area contributed by atoms with E-state index in [1.54, 1.807) is 0 Å². The average molecular weight is 257 g/mol. The third-order valence-corrected chi connectivity index (χ3v) is 3.83. The molecule has 1 saturated carbocycles. The highest BCUT2D eigenvalue weighted by Gasteiger charge is 2.19. The third kappa shape index (κ3) is 2.99. The molecule has 0 aliphatic heterocycles. The molecule has 0 spiro atoms. The van der Waals surface area contributed by atoms with Crippen molar-refractivity contribution in [3.63, 3.8) is 0 Å². The molecule has 1 nitrogen and oxygen atoms in total. The highest BCUT2D eigenvalue weighted by Crippen LogP contribution is 2.28. The summed E-state index contributed by atoms with van der Waals surface area (Å²) >= 11 is 11.8. The summed E-state index contributed by atoms with van der Waals surface area (Å²) in [5, 5.41) is 1.19. The molecule has 1 unspecified atom stereocenters. The van der Waals surface area contributed by atoms with Crippen LogP contribution in [0.1, 0.15) is 31.2 Å². The van der Waals surface area contributed by atoms with Crippen LogP contribution in [0, 0.1) is 5.92 Å².